The highest BCUT2D eigenvalue weighted by Gasteiger charge is 2.30. The van der Waals surface area contributed by atoms with Gasteiger partial charge in [0.2, 0.25) is 11.8 Å². The highest BCUT2D eigenvalue weighted by Crippen LogP contribution is 2.26. The summed E-state index contributed by atoms with van der Waals surface area (Å²) >= 11 is 5.92. The van der Waals surface area contributed by atoms with Gasteiger partial charge in [-0.2, -0.15) is 0 Å². The van der Waals surface area contributed by atoms with Gasteiger partial charge in [0, 0.05) is 36.1 Å². The molecule has 5 heteroatoms. The fourth-order valence-corrected chi connectivity index (χ4v) is 3.87. The first-order valence-corrected chi connectivity index (χ1v) is 10.4. The number of benzene rings is 3. The number of nitrogens with one attached hydrogen (secondary N) is 1. The van der Waals surface area contributed by atoms with Crippen LogP contribution in [0.1, 0.15) is 12.0 Å². The van der Waals surface area contributed by atoms with Crippen molar-refractivity contribution in [3.05, 3.63) is 89.4 Å². The van der Waals surface area contributed by atoms with Gasteiger partial charge in [-0.1, -0.05) is 66.2 Å². The Bertz CT molecular complexity index is 1020. The molecule has 1 saturated heterocycles. The van der Waals surface area contributed by atoms with E-state index in [0.717, 1.165) is 22.4 Å². The average molecular weight is 419 g/mol. The molecule has 1 aliphatic heterocycles. The van der Waals surface area contributed by atoms with Crippen molar-refractivity contribution in [2.75, 3.05) is 18.0 Å². The van der Waals surface area contributed by atoms with Crippen LogP contribution in [0.3, 0.4) is 0 Å². The Morgan fingerprint density at radius 1 is 0.933 bits per heavy atom. The zero-order chi connectivity index (χ0) is 20.9. The summed E-state index contributed by atoms with van der Waals surface area (Å²) in [7, 11) is 0. The maximum absolute atomic E-state index is 12.4. The van der Waals surface area contributed by atoms with Gasteiger partial charge >= 0.3 is 0 Å². The van der Waals surface area contributed by atoms with E-state index in [4.69, 9.17) is 11.6 Å². The Kier molecular flexibility index (Phi) is 6.15. The van der Waals surface area contributed by atoms with Gasteiger partial charge in [0.25, 0.3) is 0 Å². The summed E-state index contributed by atoms with van der Waals surface area (Å²) in [5.41, 5.74) is 4.10. The lowest BCUT2D eigenvalue weighted by molar-refractivity contribution is -0.121. The zero-order valence-corrected chi connectivity index (χ0v) is 17.3. The molecule has 0 radical (unpaired) electrons. The third-order valence-electron chi connectivity index (χ3n) is 5.36. The fourth-order valence-electron chi connectivity index (χ4n) is 3.74. The lowest BCUT2D eigenvalue weighted by Crippen LogP contribution is -2.32. The van der Waals surface area contributed by atoms with Crippen molar-refractivity contribution < 1.29 is 9.59 Å². The number of hydrogen-bond donors (Lipinski definition) is 1. The predicted molar refractivity (Wildman–Crippen MR) is 121 cm³/mol. The topological polar surface area (TPSA) is 49.4 Å². The normalized spacial score (nSPS) is 16.0. The number of hydrogen-bond acceptors (Lipinski definition) is 2. The van der Waals surface area contributed by atoms with Crippen molar-refractivity contribution in [2.45, 2.75) is 12.8 Å². The molecule has 4 nitrogen and oxygen atoms in total. The van der Waals surface area contributed by atoms with E-state index in [1.165, 1.54) is 0 Å². The molecular weight excluding hydrogens is 396 g/mol. The van der Waals surface area contributed by atoms with Crippen molar-refractivity contribution in [1.82, 2.24) is 5.32 Å². The number of rotatable bonds is 6. The number of amides is 2. The molecule has 0 aliphatic carbocycles. The van der Waals surface area contributed by atoms with Gasteiger partial charge in [-0.3, -0.25) is 9.59 Å². The Morgan fingerprint density at radius 3 is 2.30 bits per heavy atom. The van der Waals surface area contributed by atoms with E-state index in [9.17, 15) is 9.59 Å². The van der Waals surface area contributed by atoms with Crippen LogP contribution < -0.4 is 10.2 Å². The van der Waals surface area contributed by atoms with Crippen molar-refractivity contribution >= 4 is 29.1 Å². The summed E-state index contributed by atoms with van der Waals surface area (Å²) in [4.78, 5) is 26.5. The van der Waals surface area contributed by atoms with Crippen LogP contribution in [-0.2, 0) is 16.0 Å². The lowest BCUT2D eigenvalue weighted by atomic mass is 10.0. The van der Waals surface area contributed by atoms with E-state index in [0.29, 0.717) is 31.0 Å². The van der Waals surface area contributed by atoms with E-state index < -0.39 is 0 Å². The van der Waals surface area contributed by atoms with Crippen LogP contribution in [0.25, 0.3) is 11.1 Å². The summed E-state index contributed by atoms with van der Waals surface area (Å²) < 4.78 is 0. The van der Waals surface area contributed by atoms with Crippen LogP contribution >= 0.6 is 11.6 Å². The standard InChI is InChI=1S/C25H23ClN2O2/c26-22-10-12-23(13-11-22)28-17-19(15-25(28)30)16-27-24(29)14-18-6-8-21(9-7-18)20-4-2-1-3-5-20/h1-13,19H,14-17H2,(H,27,29). The minimum absolute atomic E-state index is 0.0279. The highest BCUT2D eigenvalue weighted by molar-refractivity contribution is 6.30. The second-order valence-corrected chi connectivity index (χ2v) is 8.03. The smallest absolute Gasteiger partial charge is 0.227 e. The molecule has 3 aromatic carbocycles. The molecule has 0 saturated carbocycles. The molecule has 4 rings (SSSR count). The van der Waals surface area contributed by atoms with Crippen molar-refractivity contribution in [3.63, 3.8) is 0 Å². The molecule has 2 amide bonds. The van der Waals surface area contributed by atoms with Gasteiger partial charge in [0.05, 0.1) is 6.42 Å². The number of anilines is 1. The molecule has 0 bridgehead atoms. The van der Waals surface area contributed by atoms with Crippen LogP contribution in [0.2, 0.25) is 5.02 Å². The van der Waals surface area contributed by atoms with Crippen LogP contribution in [0, 0.1) is 5.92 Å². The average Bonchev–Trinajstić information content (AvgIpc) is 3.14. The third kappa shape index (κ3) is 4.89. The fraction of sp³-hybridized carbons (Fsp3) is 0.200. The van der Waals surface area contributed by atoms with Gasteiger partial charge in [-0.05, 0) is 41.0 Å². The van der Waals surface area contributed by atoms with E-state index >= 15 is 0 Å². The largest absolute Gasteiger partial charge is 0.355 e. The molecule has 1 unspecified atom stereocenters. The van der Waals surface area contributed by atoms with Gasteiger partial charge < -0.3 is 10.2 Å². The van der Waals surface area contributed by atoms with Crippen LogP contribution in [0.5, 0.6) is 0 Å². The Balaban J connectivity index is 1.28. The summed E-state index contributed by atoms with van der Waals surface area (Å²) in [5.74, 6) is 0.158. The van der Waals surface area contributed by atoms with Gasteiger partial charge in [0.15, 0.2) is 0 Å². The second-order valence-electron chi connectivity index (χ2n) is 7.59. The third-order valence-corrected chi connectivity index (χ3v) is 5.61. The Hall–Kier alpha value is -3.11. The summed E-state index contributed by atoms with van der Waals surface area (Å²) in [5, 5.41) is 3.63. The summed E-state index contributed by atoms with van der Waals surface area (Å²) in [6.45, 7) is 1.10. The van der Waals surface area contributed by atoms with Crippen LogP contribution in [0.15, 0.2) is 78.9 Å². The van der Waals surface area contributed by atoms with Crippen molar-refractivity contribution in [2.24, 2.45) is 5.92 Å². The van der Waals surface area contributed by atoms with Crippen LogP contribution in [-0.4, -0.2) is 24.9 Å². The van der Waals surface area contributed by atoms with E-state index in [1.54, 1.807) is 17.0 Å². The Morgan fingerprint density at radius 2 is 1.60 bits per heavy atom. The van der Waals surface area contributed by atoms with Gasteiger partial charge in [-0.15, -0.1) is 0 Å². The number of halogens is 1. The van der Waals surface area contributed by atoms with Gasteiger partial charge in [-0.25, -0.2) is 0 Å². The molecule has 0 aromatic heterocycles. The van der Waals surface area contributed by atoms with E-state index in [2.05, 4.69) is 17.4 Å². The maximum Gasteiger partial charge on any atom is 0.227 e. The quantitative estimate of drug-likeness (QED) is 0.629. The van der Waals surface area contributed by atoms with Gasteiger partial charge in [0.1, 0.15) is 0 Å². The highest BCUT2D eigenvalue weighted by atomic mass is 35.5. The molecule has 1 N–H and O–H groups in total. The molecule has 30 heavy (non-hydrogen) atoms. The first kappa shape index (κ1) is 20.2. The van der Waals surface area contributed by atoms with Crippen LogP contribution in [0.4, 0.5) is 5.69 Å². The number of nitrogens with zero attached hydrogens (tertiary/aromatic N) is 1. The number of carbonyl (C=O) groups excluding carboxylic acids is 2. The minimum atomic E-state index is -0.0279. The molecule has 3 aromatic rings. The van der Waals surface area contributed by atoms with E-state index in [1.807, 2.05) is 54.6 Å². The monoisotopic (exact) mass is 418 g/mol. The van der Waals surface area contributed by atoms with Crippen molar-refractivity contribution in [1.29, 1.82) is 0 Å². The molecule has 152 valence electrons. The predicted octanol–water partition coefficient (Wildman–Crippen LogP) is 4.72. The molecular formula is C25H23ClN2O2. The number of carbonyl (C=O) groups is 2. The first-order chi connectivity index (χ1) is 14.6. The van der Waals surface area contributed by atoms with E-state index in [-0.39, 0.29) is 17.7 Å². The Labute approximate surface area is 181 Å². The minimum Gasteiger partial charge on any atom is -0.355 e. The first-order valence-electron chi connectivity index (χ1n) is 10.1. The zero-order valence-electron chi connectivity index (χ0n) is 16.6. The summed E-state index contributed by atoms with van der Waals surface area (Å²) in [6, 6.07) is 25.5. The molecule has 1 fully saturated rings. The SMILES string of the molecule is O=C(Cc1ccc(-c2ccccc2)cc1)NCC1CC(=O)N(c2ccc(Cl)cc2)C1. The molecule has 0 spiro atoms. The second kappa shape index (κ2) is 9.14. The van der Waals surface area contributed by atoms with Crippen molar-refractivity contribution in [3.8, 4) is 11.1 Å². The molecule has 1 aliphatic rings. The lowest BCUT2D eigenvalue weighted by Gasteiger charge is -2.17. The molecule has 1 heterocycles. The molecule has 1 atom stereocenters. The summed E-state index contributed by atoms with van der Waals surface area (Å²) in [6.07, 6.45) is 0.769. The maximum atomic E-state index is 12.4.